The molecule has 0 aromatic heterocycles. The second-order valence-corrected chi connectivity index (χ2v) is 8.00. The van der Waals surface area contributed by atoms with Crippen LogP contribution in [0.3, 0.4) is 0 Å². The number of aliphatic hydroxyl groups is 1. The molecule has 0 bridgehead atoms. The first-order valence-corrected chi connectivity index (χ1v) is 9.88. The number of hydrogen-bond acceptors (Lipinski definition) is 4. The maximum absolute atomic E-state index is 12.2. The summed E-state index contributed by atoms with van der Waals surface area (Å²) in [6, 6.07) is 13.0. The molecule has 0 amide bonds. The Morgan fingerprint density at radius 3 is 2.46 bits per heavy atom. The topological polar surface area (TPSA) is 104 Å². The highest BCUT2D eigenvalue weighted by molar-refractivity contribution is 7.89. The molecule has 3 N–H and O–H groups in total. The third kappa shape index (κ3) is 6.10. The van der Waals surface area contributed by atoms with Gasteiger partial charge in [-0.15, -0.1) is 0 Å². The van der Waals surface area contributed by atoms with Crippen molar-refractivity contribution in [2.24, 2.45) is 0 Å². The van der Waals surface area contributed by atoms with Gasteiger partial charge < -0.3 is 10.2 Å². The Hall–Kier alpha value is -1.93. The fourth-order valence-corrected chi connectivity index (χ4v) is 3.71. The number of sulfonamides is 1. The molecule has 2 rings (SSSR count). The van der Waals surface area contributed by atoms with E-state index in [9.17, 15) is 18.3 Å². The van der Waals surface area contributed by atoms with Crippen molar-refractivity contribution in [3.8, 4) is 0 Å². The van der Waals surface area contributed by atoms with Crippen LogP contribution in [0.25, 0.3) is 0 Å². The summed E-state index contributed by atoms with van der Waals surface area (Å²) in [6.45, 7) is 0.218. The molecule has 140 valence electrons. The van der Waals surface area contributed by atoms with Gasteiger partial charge >= 0.3 is 5.97 Å². The first-order chi connectivity index (χ1) is 12.3. The van der Waals surface area contributed by atoms with Crippen LogP contribution in [-0.4, -0.2) is 31.1 Å². The van der Waals surface area contributed by atoms with Gasteiger partial charge in [0.05, 0.1) is 11.0 Å². The van der Waals surface area contributed by atoms with E-state index < -0.39 is 22.1 Å². The zero-order valence-electron chi connectivity index (χ0n) is 13.9. The highest BCUT2D eigenvalue weighted by Gasteiger charge is 2.14. The van der Waals surface area contributed by atoms with Crippen LogP contribution >= 0.6 is 11.6 Å². The average molecular weight is 398 g/mol. The quantitative estimate of drug-likeness (QED) is 0.603. The van der Waals surface area contributed by atoms with E-state index in [0.717, 1.165) is 5.56 Å². The zero-order chi connectivity index (χ0) is 19.2. The van der Waals surface area contributed by atoms with E-state index in [1.165, 1.54) is 12.1 Å². The second-order valence-electron chi connectivity index (χ2n) is 5.79. The molecule has 0 saturated carbocycles. The molecule has 0 aliphatic heterocycles. The molecule has 0 spiro atoms. The normalized spacial score (nSPS) is 12.7. The minimum atomic E-state index is -3.62. The molecule has 2 aromatic carbocycles. The standard InChI is InChI=1S/C18H20ClNO5S/c19-15-2-1-3-16(12-15)26(24,25)20-11-10-13-4-6-14(7-5-13)17(21)8-9-18(22)23/h1-7,12,17,20-21H,8-11H2,(H,22,23). The Bertz CT molecular complexity index is 852. The van der Waals surface area contributed by atoms with Crippen LogP contribution in [0, 0.1) is 0 Å². The van der Waals surface area contributed by atoms with Crippen LogP contribution in [0.5, 0.6) is 0 Å². The van der Waals surface area contributed by atoms with Crippen LogP contribution < -0.4 is 4.72 Å². The Kier molecular flexibility index (Phi) is 7.16. The number of carboxylic acids is 1. The Labute approximate surface area is 157 Å². The van der Waals surface area contributed by atoms with E-state index in [1.807, 2.05) is 0 Å². The van der Waals surface area contributed by atoms with Gasteiger partial charge in [0.1, 0.15) is 0 Å². The first kappa shape index (κ1) is 20.4. The van der Waals surface area contributed by atoms with Gasteiger partial charge in [-0.25, -0.2) is 13.1 Å². The van der Waals surface area contributed by atoms with E-state index in [-0.39, 0.29) is 24.3 Å². The molecule has 8 heteroatoms. The maximum Gasteiger partial charge on any atom is 0.303 e. The van der Waals surface area contributed by atoms with Crippen LogP contribution in [0.2, 0.25) is 5.02 Å². The number of carboxylic acid groups (broad SMARTS) is 1. The smallest absolute Gasteiger partial charge is 0.303 e. The molecule has 0 saturated heterocycles. The Morgan fingerprint density at radius 2 is 1.85 bits per heavy atom. The summed E-state index contributed by atoms with van der Waals surface area (Å²) in [5.74, 6) is -0.951. The molecular formula is C18H20ClNO5S. The van der Waals surface area contributed by atoms with Crippen molar-refractivity contribution < 1.29 is 23.4 Å². The van der Waals surface area contributed by atoms with Crippen LogP contribution in [0.15, 0.2) is 53.4 Å². The molecule has 0 fully saturated rings. The lowest BCUT2D eigenvalue weighted by Gasteiger charge is -2.11. The lowest BCUT2D eigenvalue weighted by molar-refractivity contribution is -0.137. The fourth-order valence-electron chi connectivity index (χ4n) is 2.38. The zero-order valence-corrected chi connectivity index (χ0v) is 15.5. The summed E-state index contributed by atoms with van der Waals surface area (Å²) in [4.78, 5) is 10.6. The molecule has 26 heavy (non-hydrogen) atoms. The number of benzene rings is 2. The molecule has 0 aliphatic rings. The second kappa shape index (κ2) is 9.14. The molecule has 0 heterocycles. The van der Waals surface area contributed by atoms with Gasteiger partial charge in [0.15, 0.2) is 0 Å². The largest absolute Gasteiger partial charge is 0.481 e. The lowest BCUT2D eigenvalue weighted by atomic mass is 10.0. The van der Waals surface area contributed by atoms with Gasteiger partial charge in [0.2, 0.25) is 10.0 Å². The number of carbonyl (C=O) groups is 1. The fraction of sp³-hybridized carbons (Fsp3) is 0.278. The summed E-state index contributed by atoms with van der Waals surface area (Å²) in [5.41, 5.74) is 1.53. The minimum Gasteiger partial charge on any atom is -0.481 e. The molecule has 6 nitrogen and oxygen atoms in total. The van der Waals surface area contributed by atoms with Gasteiger partial charge in [0, 0.05) is 18.0 Å². The van der Waals surface area contributed by atoms with E-state index in [2.05, 4.69) is 4.72 Å². The third-order valence-corrected chi connectivity index (χ3v) is 5.50. The minimum absolute atomic E-state index is 0.103. The van der Waals surface area contributed by atoms with E-state index in [1.54, 1.807) is 36.4 Å². The van der Waals surface area contributed by atoms with Gasteiger partial charge in [-0.2, -0.15) is 0 Å². The van der Waals surface area contributed by atoms with Crippen LogP contribution in [-0.2, 0) is 21.2 Å². The number of aliphatic hydroxyl groups excluding tert-OH is 1. The van der Waals surface area contributed by atoms with E-state index >= 15 is 0 Å². The first-order valence-electron chi connectivity index (χ1n) is 8.02. The molecule has 0 radical (unpaired) electrons. The molecule has 0 aliphatic carbocycles. The van der Waals surface area contributed by atoms with E-state index in [0.29, 0.717) is 17.0 Å². The lowest BCUT2D eigenvalue weighted by Crippen LogP contribution is -2.26. The predicted molar refractivity (Wildman–Crippen MR) is 98.6 cm³/mol. The summed E-state index contributed by atoms with van der Waals surface area (Å²) >= 11 is 5.82. The highest BCUT2D eigenvalue weighted by Crippen LogP contribution is 2.19. The number of halogens is 1. The van der Waals surface area contributed by atoms with E-state index in [4.69, 9.17) is 16.7 Å². The Morgan fingerprint density at radius 1 is 1.15 bits per heavy atom. The van der Waals surface area contributed by atoms with Crippen molar-refractivity contribution >= 4 is 27.6 Å². The van der Waals surface area contributed by atoms with Crippen molar-refractivity contribution in [3.05, 3.63) is 64.7 Å². The highest BCUT2D eigenvalue weighted by atomic mass is 35.5. The summed E-state index contributed by atoms with van der Waals surface area (Å²) in [5, 5.41) is 18.9. The van der Waals surface area contributed by atoms with Crippen molar-refractivity contribution in [3.63, 3.8) is 0 Å². The van der Waals surface area contributed by atoms with Gasteiger partial charge in [0.25, 0.3) is 0 Å². The number of rotatable bonds is 9. The average Bonchev–Trinajstić information content (AvgIpc) is 2.60. The number of aliphatic carboxylic acids is 1. The van der Waals surface area contributed by atoms with Crippen molar-refractivity contribution in [1.29, 1.82) is 0 Å². The maximum atomic E-state index is 12.2. The Balaban J connectivity index is 1.89. The van der Waals surface area contributed by atoms with Gasteiger partial charge in [-0.3, -0.25) is 4.79 Å². The summed E-state index contributed by atoms with van der Waals surface area (Å²) < 4.78 is 26.9. The molecular weight excluding hydrogens is 378 g/mol. The molecule has 2 aromatic rings. The number of nitrogens with one attached hydrogen (secondary N) is 1. The predicted octanol–water partition coefficient (Wildman–Crippen LogP) is 2.76. The van der Waals surface area contributed by atoms with Gasteiger partial charge in [-0.1, -0.05) is 41.9 Å². The summed E-state index contributed by atoms with van der Waals surface area (Å²) in [6.07, 6.45) is -0.311. The molecule has 1 unspecified atom stereocenters. The monoisotopic (exact) mass is 397 g/mol. The van der Waals surface area contributed by atoms with Crippen molar-refractivity contribution in [2.75, 3.05) is 6.54 Å². The van der Waals surface area contributed by atoms with Crippen LogP contribution in [0.4, 0.5) is 0 Å². The van der Waals surface area contributed by atoms with Crippen molar-refractivity contribution in [1.82, 2.24) is 4.72 Å². The SMILES string of the molecule is O=C(O)CCC(O)c1ccc(CCNS(=O)(=O)c2cccc(Cl)c2)cc1. The number of hydrogen-bond donors (Lipinski definition) is 3. The molecule has 1 atom stereocenters. The van der Waals surface area contributed by atoms with Crippen molar-refractivity contribution in [2.45, 2.75) is 30.3 Å². The van der Waals surface area contributed by atoms with Crippen LogP contribution in [0.1, 0.15) is 30.1 Å². The third-order valence-electron chi connectivity index (χ3n) is 3.81. The van der Waals surface area contributed by atoms with Gasteiger partial charge in [-0.05, 0) is 42.2 Å². The summed E-state index contributed by atoms with van der Waals surface area (Å²) in [7, 11) is -3.62.